The Bertz CT molecular complexity index is 1290. The molecule has 150 valence electrons. The molecular formula is C23H21ClN6. The van der Waals surface area contributed by atoms with Crippen molar-refractivity contribution in [3.8, 4) is 22.5 Å². The highest BCUT2D eigenvalue weighted by molar-refractivity contribution is 5.85. The molecule has 0 bridgehead atoms. The minimum absolute atomic E-state index is 0. The molecule has 0 aliphatic rings. The molecule has 0 unspecified atom stereocenters. The summed E-state index contributed by atoms with van der Waals surface area (Å²) in [4.78, 5) is 4.41. The second kappa shape index (κ2) is 8.08. The topological polar surface area (TPSA) is 72.3 Å². The van der Waals surface area contributed by atoms with Crippen molar-refractivity contribution in [3.05, 3.63) is 83.8 Å². The number of benzene rings is 2. The summed E-state index contributed by atoms with van der Waals surface area (Å²) in [7, 11) is 0. The van der Waals surface area contributed by atoms with E-state index in [0.717, 1.165) is 28.9 Å². The van der Waals surface area contributed by atoms with Crippen LogP contribution in [0.2, 0.25) is 0 Å². The summed E-state index contributed by atoms with van der Waals surface area (Å²) in [5.41, 5.74) is 7.92. The van der Waals surface area contributed by atoms with E-state index in [0.29, 0.717) is 5.82 Å². The monoisotopic (exact) mass is 416 g/mol. The second-order valence-corrected chi connectivity index (χ2v) is 7.23. The maximum Gasteiger partial charge on any atom is 0.205 e. The molecule has 3 heterocycles. The average molecular weight is 417 g/mol. The van der Waals surface area contributed by atoms with Crippen LogP contribution in [-0.2, 0) is 6.54 Å². The second-order valence-electron chi connectivity index (χ2n) is 7.23. The summed E-state index contributed by atoms with van der Waals surface area (Å²) in [6.07, 6.45) is 1.95. The summed E-state index contributed by atoms with van der Waals surface area (Å²) in [5.74, 6) is 0.600. The molecule has 1 N–H and O–H groups in total. The van der Waals surface area contributed by atoms with Gasteiger partial charge in [0, 0.05) is 35.1 Å². The molecule has 0 fully saturated rings. The van der Waals surface area contributed by atoms with Crippen LogP contribution < -0.4 is 0 Å². The smallest absolute Gasteiger partial charge is 0.205 e. The van der Waals surface area contributed by atoms with E-state index in [1.807, 2.05) is 31.3 Å². The lowest BCUT2D eigenvalue weighted by Gasteiger charge is -2.11. The van der Waals surface area contributed by atoms with E-state index in [1.165, 1.54) is 22.2 Å². The summed E-state index contributed by atoms with van der Waals surface area (Å²) >= 11 is 0. The lowest BCUT2D eigenvalue weighted by atomic mass is 9.98. The third kappa shape index (κ3) is 3.57. The van der Waals surface area contributed by atoms with Gasteiger partial charge in [-0.1, -0.05) is 48.5 Å². The molecule has 0 saturated heterocycles. The molecule has 3 aromatic heterocycles. The van der Waals surface area contributed by atoms with Gasteiger partial charge in [0.2, 0.25) is 5.82 Å². The van der Waals surface area contributed by atoms with Crippen molar-refractivity contribution in [2.24, 2.45) is 0 Å². The van der Waals surface area contributed by atoms with E-state index < -0.39 is 0 Å². The first kappa shape index (κ1) is 19.8. The van der Waals surface area contributed by atoms with E-state index in [2.05, 4.69) is 79.6 Å². The molecule has 0 spiro atoms. The third-order valence-electron chi connectivity index (χ3n) is 5.25. The summed E-state index contributed by atoms with van der Waals surface area (Å²) in [5, 5.41) is 15.7. The number of nitrogens with zero attached hydrogens (tertiary/aromatic N) is 5. The summed E-state index contributed by atoms with van der Waals surface area (Å²) in [6, 6.07) is 21.1. The van der Waals surface area contributed by atoms with Gasteiger partial charge in [0.05, 0.1) is 5.52 Å². The quantitative estimate of drug-likeness (QED) is 0.449. The van der Waals surface area contributed by atoms with Crippen LogP contribution in [0.15, 0.2) is 66.9 Å². The van der Waals surface area contributed by atoms with Crippen molar-refractivity contribution in [2.75, 3.05) is 0 Å². The number of rotatable bonds is 4. The Labute approximate surface area is 180 Å². The number of aromatic nitrogens is 6. The predicted octanol–water partition coefficient (Wildman–Crippen LogP) is 4.97. The fraction of sp³-hybridized carbons (Fsp3) is 0.130. The Morgan fingerprint density at radius 1 is 0.933 bits per heavy atom. The van der Waals surface area contributed by atoms with Gasteiger partial charge < -0.3 is 4.57 Å². The van der Waals surface area contributed by atoms with E-state index >= 15 is 0 Å². The molecule has 0 atom stereocenters. The number of hydrogen-bond donors (Lipinski definition) is 1. The molecule has 0 saturated carbocycles. The van der Waals surface area contributed by atoms with Gasteiger partial charge in [-0.2, -0.15) is 5.21 Å². The van der Waals surface area contributed by atoms with Crippen LogP contribution in [0.4, 0.5) is 0 Å². The minimum atomic E-state index is 0. The number of tetrazole rings is 1. The number of H-pyrrole nitrogens is 1. The first-order chi connectivity index (χ1) is 14.2. The molecule has 30 heavy (non-hydrogen) atoms. The van der Waals surface area contributed by atoms with Gasteiger partial charge in [0.1, 0.15) is 0 Å². The van der Waals surface area contributed by atoms with Gasteiger partial charge in [0.25, 0.3) is 0 Å². The van der Waals surface area contributed by atoms with Crippen molar-refractivity contribution in [3.63, 3.8) is 0 Å². The fourth-order valence-corrected chi connectivity index (χ4v) is 3.78. The van der Waals surface area contributed by atoms with Crippen LogP contribution >= 0.6 is 12.4 Å². The normalized spacial score (nSPS) is 10.9. The maximum atomic E-state index is 4.41. The zero-order valence-corrected chi connectivity index (χ0v) is 17.5. The van der Waals surface area contributed by atoms with Crippen LogP contribution in [0, 0.1) is 13.8 Å². The molecule has 7 heteroatoms. The largest absolute Gasteiger partial charge is 0.340 e. The highest BCUT2D eigenvalue weighted by Gasteiger charge is 2.11. The Morgan fingerprint density at radius 3 is 2.43 bits per heavy atom. The van der Waals surface area contributed by atoms with Crippen LogP contribution in [-0.4, -0.2) is 30.2 Å². The highest BCUT2D eigenvalue weighted by atomic mass is 35.5. The van der Waals surface area contributed by atoms with Gasteiger partial charge in [-0.25, -0.2) is 0 Å². The van der Waals surface area contributed by atoms with Crippen molar-refractivity contribution in [1.29, 1.82) is 0 Å². The Balaban J connectivity index is 0.00000218. The van der Waals surface area contributed by atoms with Gasteiger partial charge in [-0.05, 0) is 47.9 Å². The SMILES string of the molecule is Cc1cc2c(cn1)cc(C)n2Cc1ccc(-c2ccccc2-c2nn[nH]n2)cc1.Cl. The van der Waals surface area contributed by atoms with Crippen molar-refractivity contribution in [1.82, 2.24) is 30.2 Å². The number of aromatic amines is 1. The first-order valence-corrected chi connectivity index (χ1v) is 9.54. The number of nitrogens with one attached hydrogen (secondary N) is 1. The standard InChI is InChI=1S/C23H20N6.ClH/c1-15-11-22-19(13-24-15)12-16(2)29(22)14-17-7-9-18(10-8-17)20-5-3-4-6-21(20)23-25-27-28-26-23;/h3-13H,14H2,1-2H3,(H,25,26,27,28);1H. The van der Waals surface area contributed by atoms with Crippen LogP contribution in [0.5, 0.6) is 0 Å². The van der Waals surface area contributed by atoms with Gasteiger partial charge in [0.15, 0.2) is 0 Å². The number of aryl methyl sites for hydroxylation is 2. The summed E-state index contributed by atoms with van der Waals surface area (Å²) < 4.78 is 2.34. The average Bonchev–Trinajstić information content (AvgIpc) is 3.38. The molecule has 0 radical (unpaired) electrons. The third-order valence-corrected chi connectivity index (χ3v) is 5.25. The fourth-order valence-electron chi connectivity index (χ4n) is 3.78. The minimum Gasteiger partial charge on any atom is -0.340 e. The zero-order chi connectivity index (χ0) is 19.8. The van der Waals surface area contributed by atoms with E-state index in [1.54, 1.807) is 0 Å². The van der Waals surface area contributed by atoms with Crippen LogP contribution in [0.25, 0.3) is 33.4 Å². The molecule has 0 aliphatic heterocycles. The van der Waals surface area contributed by atoms with Crippen LogP contribution in [0.3, 0.4) is 0 Å². The Kier molecular flexibility index (Phi) is 5.33. The number of halogens is 1. The molecule has 5 aromatic rings. The molecular weight excluding hydrogens is 396 g/mol. The lowest BCUT2D eigenvalue weighted by Crippen LogP contribution is -2.01. The Hall–Kier alpha value is -3.51. The van der Waals surface area contributed by atoms with E-state index in [-0.39, 0.29) is 12.4 Å². The lowest BCUT2D eigenvalue weighted by molar-refractivity contribution is 0.804. The molecule has 0 amide bonds. The molecule has 0 aliphatic carbocycles. The first-order valence-electron chi connectivity index (χ1n) is 9.54. The van der Waals surface area contributed by atoms with E-state index in [4.69, 9.17) is 0 Å². The Morgan fingerprint density at radius 2 is 1.70 bits per heavy atom. The van der Waals surface area contributed by atoms with Crippen molar-refractivity contribution < 1.29 is 0 Å². The highest BCUT2D eigenvalue weighted by Crippen LogP contribution is 2.30. The molecule has 6 nitrogen and oxygen atoms in total. The van der Waals surface area contributed by atoms with Gasteiger partial charge >= 0.3 is 0 Å². The number of pyridine rings is 1. The van der Waals surface area contributed by atoms with Crippen molar-refractivity contribution in [2.45, 2.75) is 20.4 Å². The van der Waals surface area contributed by atoms with Crippen molar-refractivity contribution >= 4 is 23.3 Å². The molecule has 2 aromatic carbocycles. The predicted molar refractivity (Wildman–Crippen MR) is 121 cm³/mol. The van der Waals surface area contributed by atoms with Gasteiger partial charge in [-0.3, -0.25) is 4.98 Å². The zero-order valence-electron chi connectivity index (χ0n) is 16.7. The number of fused-ring (bicyclic) bond motifs is 1. The molecule has 5 rings (SSSR count). The summed E-state index contributed by atoms with van der Waals surface area (Å²) in [6.45, 7) is 5.00. The van der Waals surface area contributed by atoms with Gasteiger partial charge in [-0.15, -0.1) is 22.6 Å². The maximum absolute atomic E-state index is 4.41. The van der Waals surface area contributed by atoms with E-state index in [9.17, 15) is 0 Å². The van der Waals surface area contributed by atoms with Crippen LogP contribution in [0.1, 0.15) is 17.0 Å². The number of hydrogen-bond acceptors (Lipinski definition) is 4.